The molecule has 0 saturated heterocycles. The first-order chi connectivity index (χ1) is 8.60. The summed E-state index contributed by atoms with van der Waals surface area (Å²) in [4.78, 5) is 14.2. The van der Waals surface area contributed by atoms with Gasteiger partial charge in [0.25, 0.3) is 5.91 Å². The molecular formula is C14H20BrNO2. The largest absolute Gasteiger partial charge is 0.383 e. The molecule has 0 aliphatic carbocycles. The van der Waals surface area contributed by atoms with E-state index in [1.54, 1.807) is 7.11 Å². The number of nitrogens with zero attached hydrogens (tertiary/aromatic N) is 1. The Balaban J connectivity index is 2.83. The number of methoxy groups -OCH3 is 1. The number of halogens is 1. The molecule has 0 unspecified atom stereocenters. The molecular weight excluding hydrogens is 294 g/mol. The molecule has 0 aliphatic heterocycles. The third-order valence-corrected chi connectivity index (χ3v) is 3.32. The summed E-state index contributed by atoms with van der Waals surface area (Å²) < 4.78 is 5.04. The molecule has 0 bridgehead atoms. The van der Waals surface area contributed by atoms with E-state index in [-0.39, 0.29) is 5.91 Å². The summed E-state index contributed by atoms with van der Waals surface area (Å²) in [5, 5.41) is 0.771. The van der Waals surface area contributed by atoms with Gasteiger partial charge >= 0.3 is 0 Å². The van der Waals surface area contributed by atoms with Gasteiger partial charge in [-0.1, -0.05) is 22.0 Å². The fourth-order valence-corrected chi connectivity index (χ4v) is 2.10. The zero-order valence-corrected chi connectivity index (χ0v) is 12.8. The van der Waals surface area contributed by atoms with E-state index in [2.05, 4.69) is 15.9 Å². The second-order valence-corrected chi connectivity index (χ2v) is 5.07. The predicted molar refractivity (Wildman–Crippen MR) is 77.5 cm³/mol. The SMILES string of the molecule is COCCN(CCBr)C(=O)c1ccc(C)c(C)c1. The van der Waals surface area contributed by atoms with Crippen molar-refractivity contribution >= 4 is 21.8 Å². The number of carbonyl (C=O) groups is 1. The van der Waals surface area contributed by atoms with Gasteiger partial charge in [-0.25, -0.2) is 0 Å². The van der Waals surface area contributed by atoms with Gasteiger partial charge in [-0.2, -0.15) is 0 Å². The maximum atomic E-state index is 12.4. The monoisotopic (exact) mass is 313 g/mol. The maximum Gasteiger partial charge on any atom is 0.253 e. The lowest BCUT2D eigenvalue weighted by atomic mass is 10.1. The number of hydrogen-bond acceptors (Lipinski definition) is 2. The van der Waals surface area contributed by atoms with Gasteiger partial charge in [-0.3, -0.25) is 4.79 Å². The van der Waals surface area contributed by atoms with Crippen LogP contribution in [-0.4, -0.2) is 42.9 Å². The van der Waals surface area contributed by atoms with Crippen molar-refractivity contribution in [3.8, 4) is 0 Å². The fraction of sp³-hybridized carbons (Fsp3) is 0.500. The minimum Gasteiger partial charge on any atom is -0.383 e. The Kier molecular flexibility index (Phi) is 6.36. The van der Waals surface area contributed by atoms with Crippen LogP contribution in [-0.2, 0) is 4.74 Å². The van der Waals surface area contributed by atoms with Crippen LogP contribution in [0.5, 0.6) is 0 Å². The second kappa shape index (κ2) is 7.54. The first kappa shape index (κ1) is 15.2. The summed E-state index contributed by atoms with van der Waals surface area (Å²) in [6, 6.07) is 5.83. The van der Waals surface area contributed by atoms with Gasteiger partial charge in [0.05, 0.1) is 6.61 Å². The molecule has 100 valence electrons. The first-order valence-electron chi connectivity index (χ1n) is 6.01. The standard InChI is InChI=1S/C14H20BrNO2/c1-11-4-5-13(10-12(11)2)14(17)16(7-6-15)8-9-18-3/h4-5,10H,6-9H2,1-3H3. The van der Waals surface area contributed by atoms with E-state index in [4.69, 9.17) is 4.74 Å². The Labute approximate surface area is 117 Å². The van der Waals surface area contributed by atoms with E-state index in [0.717, 1.165) is 16.5 Å². The highest BCUT2D eigenvalue weighted by Crippen LogP contribution is 2.12. The van der Waals surface area contributed by atoms with Gasteiger partial charge in [0.1, 0.15) is 0 Å². The summed E-state index contributed by atoms with van der Waals surface area (Å²) in [6.45, 7) is 5.94. The van der Waals surface area contributed by atoms with E-state index in [0.29, 0.717) is 19.7 Å². The zero-order valence-electron chi connectivity index (χ0n) is 11.2. The van der Waals surface area contributed by atoms with E-state index >= 15 is 0 Å². The van der Waals surface area contributed by atoms with Crippen LogP contribution in [0.2, 0.25) is 0 Å². The number of alkyl halides is 1. The molecule has 0 aliphatic rings. The Bertz CT molecular complexity index is 407. The van der Waals surface area contributed by atoms with Crippen LogP contribution in [0.15, 0.2) is 18.2 Å². The second-order valence-electron chi connectivity index (χ2n) is 4.27. The zero-order chi connectivity index (χ0) is 13.5. The average molecular weight is 314 g/mol. The van der Waals surface area contributed by atoms with Crippen LogP contribution < -0.4 is 0 Å². The molecule has 0 spiro atoms. The lowest BCUT2D eigenvalue weighted by Crippen LogP contribution is -2.35. The van der Waals surface area contributed by atoms with Gasteiger partial charge < -0.3 is 9.64 Å². The van der Waals surface area contributed by atoms with Crippen molar-refractivity contribution in [2.75, 3.05) is 32.1 Å². The number of rotatable bonds is 6. The van der Waals surface area contributed by atoms with Crippen molar-refractivity contribution in [3.63, 3.8) is 0 Å². The molecule has 1 amide bonds. The van der Waals surface area contributed by atoms with E-state index in [9.17, 15) is 4.79 Å². The van der Waals surface area contributed by atoms with Crippen LogP contribution in [0.1, 0.15) is 21.5 Å². The Morgan fingerprint density at radius 2 is 2.00 bits per heavy atom. The number of ether oxygens (including phenoxy) is 1. The van der Waals surface area contributed by atoms with Crippen LogP contribution in [0.4, 0.5) is 0 Å². The van der Waals surface area contributed by atoms with Crippen LogP contribution in [0, 0.1) is 13.8 Å². The summed E-state index contributed by atoms with van der Waals surface area (Å²) in [5.41, 5.74) is 3.09. The first-order valence-corrected chi connectivity index (χ1v) is 7.13. The van der Waals surface area contributed by atoms with Gasteiger partial charge in [0.2, 0.25) is 0 Å². The molecule has 0 heterocycles. The summed E-state index contributed by atoms with van der Waals surface area (Å²) in [6.07, 6.45) is 0. The fourth-order valence-electron chi connectivity index (χ4n) is 1.68. The van der Waals surface area contributed by atoms with Crippen molar-refractivity contribution in [2.24, 2.45) is 0 Å². The minimum atomic E-state index is 0.0644. The third-order valence-electron chi connectivity index (χ3n) is 2.96. The van der Waals surface area contributed by atoms with Gasteiger partial charge in [0.15, 0.2) is 0 Å². The molecule has 0 aromatic heterocycles. The molecule has 1 rings (SSSR count). The maximum absolute atomic E-state index is 12.4. The summed E-state index contributed by atoms with van der Waals surface area (Å²) in [5.74, 6) is 0.0644. The molecule has 4 heteroatoms. The molecule has 0 atom stereocenters. The van der Waals surface area contributed by atoms with Crippen LogP contribution >= 0.6 is 15.9 Å². The molecule has 0 saturated carbocycles. The van der Waals surface area contributed by atoms with Gasteiger partial charge in [0, 0.05) is 31.1 Å². The molecule has 0 radical (unpaired) electrons. The molecule has 18 heavy (non-hydrogen) atoms. The molecule has 1 aromatic rings. The molecule has 0 N–H and O–H groups in total. The number of carbonyl (C=O) groups excluding carboxylic acids is 1. The Morgan fingerprint density at radius 3 is 2.56 bits per heavy atom. The van der Waals surface area contributed by atoms with Gasteiger partial charge in [-0.15, -0.1) is 0 Å². The summed E-state index contributed by atoms with van der Waals surface area (Å²) >= 11 is 3.37. The number of benzene rings is 1. The lowest BCUT2D eigenvalue weighted by molar-refractivity contribution is 0.0709. The van der Waals surface area contributed by atoms with Crippen molar-refractivity contribution in [1.29, 1.82) is 0 Å². The van der Waals surface area contributed by atoms with E-state index in [1.807, 2.05) is 36.9 Å². The Morgan fingerprint density at radius 1 is 1.28 bits per heavy atom. The van der Waals surface area contributed by atoms with E-state index < -0.39 is 0 Å². The highest BCUT2D eigenvalue weighted by atomic mass is 79.9. The summed E-state index contributed by atoms with van der Waals surface area (Å²) in [7, 11) is 1.65. The third kappa shape index (κ3) is 4.10. The molecule has 1 aromatic carbocycles. The highest BCUT2D eigenvalue weighted by Gasteiger charge is 2.15. The molecule has 3 nitrogen and oxygen atoms in total. The predicted octanol–water partition coefficient (Wildman–Crippen LogP) is 2.79. The highest BCUT2D eigenvalue weighted by molar-refractivity contribution is 9.09. The minimum absolute atomic E-state index is 0.0644. The average Bonchev–Trinajstić information content (AvgIpc) is 2.37. The molecule has 0 fully saturated rings. The number of hydrogen-bond donors (Lipinski definition) is 0. The number of aryl methyl sites for hydroxylation is 2. The van der Waals surface area contributed by atoms with Gasteiger partial charge in [-0.05, 0) is 37.1 Å². The topological polar surface area (TPSA) is 29.5 Å². The normalized spacial score (nSPS) is 10.4. The van der Waals surface area contributed by atoms with Crippen molar-refractivity contribution in [3.05, 3.63) is 34.9 Å². The van der Waals surface area contributed by atoms with Crippen molar-refractivity contribution in [1.82, 2.24) is 4.90 Å². The number of amides is 1. The van der Waals surface area contributed by atoms with E-state index in [1.165, 1.54) is 5.56 Å². The lowest BCUT2D eigenvalue weighted by Gasteiger charge is -2.21. The Hall–Kier alpha value is -0.870. The quantitative estimate of drug-likeness (QED) is 0.756. The van der Waals surface area contributed by atoms with Crippen LogP contribution in [0.25, 0.3) is 0 Å². The van der Waals surface area contributed by atoms with Crippen LogP contribution in [0.3, 0.4) is 0 Å². The van der Waals surface area contributed by atoms with Crippen molar-refractivity contribution in [2.45, 2.75) is 13.8 Å². The smallest absolute Gasteiger partial charge is 0.253 e. The van der Waals surface area contributed by atoms with Crippen molar-refractivity contribution < 1.29 is 9.53 Å².